The van der Waals surface area contributed by atoms with Crippen molar-refractivity contribution in [3.05, 3.63) is 40.5 Å². The van der Waals surface area contributed by atoms with Crippen LogP contribution in [0.1, 0.15) is 71.0 Å². The molecule has 0 unspecified atom stereocenters. The van der Waals surface area contributed by atoms with Crippen LogP contribution in [-0.2, 0) is 20.6 Å². The summed E-state index contributed by atoms with van der Waals surface area (Å²) in [4.78, 5) is 19.6. The number of halogens is 2. The third-order valence-electron chi connectivity index (χ3n) is 7.79. The van der Waals surface area contributed by atoms with Crippen molar-refractivity contribution >= 4 is 27.7 Å². The number of alkyl halides is 1. The molecule has 0 spiro atoms. The van der Waals surface area contributed by atoms with E-state index in [4.69, 9.17) is 14.0 Å². The number of ether oxygens (including phenoxy) is 2. The molecule has 184 valence electrons. The van der Waals surface area contributed by atoms with Crippen LogP contribution >= 0.6 is 15.9 Å². The topological polar surface area (TPSA) is 77.7 Å². The second-order valence-corrected chi connectivity index (χ2v) is 12.0. The van der Waals surface area contributed by atoms with Gasteiger partial charge in [0, 0.05) is 22.1 Å². The molecule has 0 radical (unpaired) electrons. The van der Waals surface area contributed by atoms with Gasteiger partial charge in [-0.15, -0.1) is 0 Å². The van der Waals surface area contributed by atoms with Gasteiger partial charge in [0.15, 0.2) is 17.1 Å². The molecule has 0 atom stereocenters. The number of nitrogens with zero attached hydrogens (tertiary/aromatic N) is 3. The third kappa shape index (κ3) is 4.37. The van der Waals surface area contributed by atoms with Crippen LogP contribution in [0.5, 0.6) is 0 Å². The summed E-state index contributed by atoms with van der Waals surface area (Å²) in [7, 11) is 0. The van der Waals surface area contributed by atoms with Gasteiger partial charge in [0.25, 0.3) is 5.89 Å². The number of carbonyl (C=O) groups is 1. The SMILES string of the molecule is CC1(OC(=O)N(CC23CCC(c4noc(C(C)(C)F)n4)(CC2)CC3)c2cccc(Br)c2)COC1. The first-order valence-corrected chi connectivity index (χ1v) is 12.7. The first-order valence-electron chi connectivity index (χ1n) is 11.9. The molecule has 2 aromatic rings. The van der Waals surface area contributed by atoms with Crippen molar-refractivity contribution < 1.29 is 23.2 Å². The largest absolute Gasteiger partial charge is 0.438 e. The molecule has 6 rings (SSSR count). The summed E-state index contributed by atoms with van der Waals surface area (Å²) in [5.74, 6) is 0.666. The van der Waals surface area contributed by atoms with Crippen LogP contribution in [0.2, 0.25) is 0 Å². The maximum absolute atomic E-state index is 14.3. The second-order valence-electron chi connectivity index (χ2n) is 11.1. The number of hydrogen-bond acceptors (Lipinski definition) is 6. The van der Waals surface area contributed by atoms with E-state index in [9.17, 15) is 9.18 Å². The molecule has 1 aromatic carbocycles. The molecule has 4 aliphatic rings. The number of benzene rings is 1. The van der Waals surface area contributed by atoms with Crippen molar-refractivity contribution in [2.75, 3.05) is 24.7 Å². The Kier molecular flexibility index (Phi) is 5.79. The van der Waals surface area contributed by atoms with E-state index in [-0.39, 0.29) is 22.8 Å². The molecule has 2 heterocycles. The Hall–Kier alpha value is -2.00. The predicted octanol–water partition coefficient (Wildman–Crippen LogP) is 6.06. The average Bonchev–Trinajstić information content (AvgIpc) is 3.30. The molecule has 4 fully saturated rings. The molecule has 0 N–H and O–H groups in total. The van der Waals surface area contributed by atoms with E-state index in [1.54, 1.807) is 4.90 Å². The summed E-state index contributed by atoms with van der Waals surface area (Å²) in [6.07, 6.45) is 5.16. The van der Waals surface area contributed by atoms with Crippen LogP contribution in [0.25, 0.3) is 0 Å². The van der Waals surface area contributed by atoms with Gasteiger partial charge in [0.05, 0.1) is 13.2 Å². The zero-order valence-electron chi connectivity index (χ0n) is 19.9. The van der Waals surface area contributed by atoms with Gasteiger partial charge in [-0.25, -0.2) is 9.18 Å². The van der Waals surface area contributed by atoms with E-state index in [1.807, 2.05) is 31.2 Å². The van der Waals surface area contributed by atoms with Crippen LogP contribution in [0.4, 0.5) is 14.9 Å². The zero-order chi connectivity index (χ0) is 24.2. The van der Waals surface area contributed by atoms with Crippen LogP contribution in [0.3, 0.4) is 0 Å². The molecule has 1 saturated heterocycles. The van der Waals surface area contributed by atoms with E-state index < -0.39 is 11.3 Å². The molecule has 1 aromatic heterocycles. The Morgan fingerprint density at radius 3 is 2.41 bits per heavy atom. The Labute approximate surface area is 207 Å². The number of fused-ring (bicyclic) bond motifs is 3. The van der Waals surface area contributed by atoms with E-state index in [1.165, 1.54) is 13.8 Å². The van der Waals surface area contributed by atoms with Crippen molar-refractivity contribution in [3.8, 4) is 0 Å². The van der Waals surface area contributed by atoms with Crippen LogP contribution in [-0.4, -0.2) is 41.6 Å². The summed E-state index contributed by atoms with van der Waals surface area (Å²) >= 11 is 3.53. The van der Waals surface area contributed by atoms with Crippen LogP contribution in [0.15, 0.2) is 33.3 Å². The standard InChI is InChI=1S/C25H31BrFN3O4/c1-22(2,27)20-28-19(29-34-20)25-10-7-24(8-11-25,9-12-25)14-30(18-6-4-5-17(26)13-18)21(31)33-23(3)15-32-16-23/h4-6,13H,7-12,14-16H2,1-3H3. The van der Waals surface area contributed by atoms with Gasteiger partial charge in [-0.2, -0.15) is 4.98 Å². The van der Waals surface area contributed by atoms with Gasteiger partial charge in [-0.3, -0.25) is 4.90 Å². The molecule has 3 aliphatic carbocycles. The summed E-state index contributed by atoms with van der Waals surface area (Å²) in [5, 5.41) is 4.17. The zero-order valence-corrected chi connectivity index (χ0v) is 21.5. The molecular formula is C25H31BrFN3O4. The second kappa shape index (κ2) is 8.29. The highest BCUT2D eigenvalue weighted by atomic mass is 79.9. The molecule has 1 amide bonds. The highest BCUT2D eigenvalue weighted by Crippen LogP contribution is 2.57. The predicted molar refractivity (Wildman–Crippen MR) is 127 cm³/mol. The Morgan fingerprint density at radius 1 is 1.21 bits per heavy atom. The maximum atomic E-state index is 14.3. The molecule has 2 bridgehead atoms. The first kappa shape index (κ1) is 23.7. The number of rotatable bonds is 6. The fourth-order valence-corrected chi connectivity index (χ4v) is 5.86. The highest BCUT2D eigenvalue weighted by Gasteiger charge is 2.53. The first-order chi connectivity index (χ1) is 16.0. The van der Waals surface area contributed by atoms with Crippen LogP contribution in [0, 0.1) is 5.41 Å². The van der Waals surface area contributed by atoms with E-state index in [0.29, 0.717) is 25.6 Å². The number of hydrogen-bond donors (Lipinski definition) is 0. The Morgan fingerprint density at radius 2 is 1.88 bits per heavy atom. The van der Waals surface area contributed by atoms with Crippen molar-refractivity contribution in [2.45, 2.75) is 76.0 Å². The highest BCUT2D eigenvalue weighted by molar-refractivity contribution is 9.10. The fraction of sp³-hybridized carbons (Fsp3) is 0.640. The van der Waals surface area contributed by atoms with E-state index in [2.05, 4.69) is 26.1 Å². The molecule has 9 heteroatoms. The quantitative estimate of drug-likeness (QED) is 0.447. The van der Waals surface area contributed by atoms with Gasteiger partial charge in [-0.05, 0) is 82.9 Å². The lowest BCUT2D eigenvalue weighted by molar-refractivity contribution is -0.165. The minimum absolute atomic E-state index is 0.00790. The lowest BCUT2D eigenvalue weighted by Crippen LogP contribution is -2.55. The fourth-order valence-electron chi connectivity index (χ4n) is 5.47. The number of carbonyl (C=O) groups excluding carboxylic acids is 1. The van der Waals surface area contributed by atoms with E-state index >= 15 is 0 Å². The van der Waals surface area contributed by atoms with Crippen LogP contribution < -0.4 is 4.90 Å². The average molecular weight is 536 g/mol. The normalized spacial score (nSPS) is 27.8. The maximum Gasteiger partial charge on any atom is 0.415 e. The summed E-state index contributed by atoms with van der Waals surface area (Å²) < 4.78 is 31.6. The van der Waals surface area contributed by atoms with E-state index in [0.717, 1.165) is 48.7 Å². The molecule has 7 nitrogen and oxygen atoms in total. The number of amides is 1. The van der Waals surface area contributed by atoms with Gasteiger partial charge >= 0.3 is 6.09 Å². The molecular weight excluding hydrogens is 505 g/mol. The lowest BCUT2D eigenvalue weighted by Gasteiger charge is -2.53. The van der Waals surface area contributed by atoms with Gasteiger partial charge in [-0.1, -0.05) is 27.2 Å². The van der Waals surface area contributed by atoms with Crippen molar-refractivity contribution in [1.29, 1.82) is 0 Å². The van der Waals surface area contributed by atoms with Gasteiger partial charge in [0.1, 0.15) is 0 Å². The lowest BCUT2D eigenvalue weighted by atomic mass is 9.53. The third-order valence-corrected chi connectivity index (χ3v) is 8.29. The summed E-state index contributed by atoms with van der Waals surface area (Å²) in [5.41, 5.74) is -1.60. The van der Waals surface area contributed by atoms with Crippen molar-refractivity contribution in [1.82, 2.24) is 10.1 Å². The minimum atomic E-state index is -1.65. The number of aromatic nitrogens is 2. The van der Waals surface area contributed by atoms with Crippen molar-refractivity contribution in [2.24, 2.45) is 5.41 Å². The molecule has 3 saturated carbocycles. The summed E-state index contributed by atoms with van der Waals surface area (Å²) in [6.45, 7) is 6.19. The molecule has 1 aliphatic heterocycles. The molecule has 34 heavy (non-hydrogen) atoms. The Balaban J connectivity index is 1.35. The number of anilines is 1. The van der Waals surface area contributed by atoms with Crippen molar-refractivity contribution in [3.63, 3.8) is 0 Å². The monoisotopic (exact) mass is 535 g/mol. The smallest absolute Gasteiger partial charge is 0.415 e. The van der Waals surface area contributed by atoms with Gasteiger partial charge in [0.2, 0.25) is 0 Å². The minimum Gasteiger partial charge on any atom is -0.438 e. The Bertz CT molecular complexity index is 1050. The summed E-state index contributed by atoms with van der Waals surface area (Å²) in [6, 6.07) is 7.77. The van der Waals surface area contributed by atoms with Gasteiger partial charge < -0.3 is 14.0 Å².